The minimum Gasteiger partial charge on any atom is -0.378 e. The number of benzene rings is 1. The van der Waals surface area contributed by atoms with Crippen LogP contribution in [0.15, 0.2) is 18.2 Å². The Bertz CT molecular complexity index is 517. The van der Waals surface area contributed by atoms with Gasteiger partial charge in [0, 0.05) is 37.4 Å². The van der Waals surface area contributed by atoms with Gasteiger partial charge >= 0.3 is 0 Å². The Morgan fingerprint density at radius 3 is 2.73 bits per heavy atom. The predicted octanol–water partition coefficient (Wildman–Crippen LogP) is 2.84. The second-order valence-electron chi connectivity index (χ2n) is 6.19. The standard InChI is InChI=1S/C18H25NO3/c1-14(20)15-5-6-18(19-7-10-21-11-8-19)16(12-15)13-17-4-2-3-9-22-17/h5-6,12,17H,2-4,7-11,13H2,1H3. The smallest absolute Gasteiger partial charge is 0.159 e. The second kappa shape index (κ2) is 7.25. The first-order chi connectivity index (χ1) is 10.7. The van der Waals surface area contributed by atoms with Crippen LogP contribution in [0.5, 0.6) is 0 Å². The van der Waals surface area contributed by atoms with Crippen LogP contribution in [0.4, 0.5) is 5.69 Å². The highest BCUT2D eigenvalue weighted by atomic mass is 16.5. The van der Waals surface area contributed by atoms with Crippen LogP contribution in [-0.2, 0) is 15.9 Å². The van der Waals surface area contributed by atoms with Gasteiger partial charge in [-0.2, -0.15) is 0 Å². The fourth-order valence-electron chi connectivity index (χ4n) is 3.29. The number of anilines is 1. The summed E-state index contributed by atoms with van der Waals surface area (Å²) in [4.78, 5) is 14.1. The van der Waals surface area contributed by atoms with Crippen LogP contribution in [0.3, 0.4) is 0 Å². The molecule has 0 aliphatic carbocycles. The normalized spacial score (nSPS) is 22.6. The highest BCUT2D eigenvalue weighted by Gasteiger charge is 2.20. The fraction of sp³-hybridized carbons (Fsp3) is 0.611. The summed E-state index contributed by atoms with van der Waals surface area (Å²) < 4.78 is 11.3. The lowest BCUT2D eigenvalue weighted by Gasteiger charge is -2.32. The van der Waals surface area contributed by atoms with Crippen LogP contribution in [0.2, 0.25) is 0 Å². The maximum absolute atomic E-state index is 11.7. The molecule has 120 valence electrons. The van der Waals surface area contributed by atoms with Gasteiger partial charge in [0.1, 0.15) is 0 Å². The van der Waals surface area contributed by atoms with E-state index < -0.39 is 0 Å². The summed E-state index contributed by atoms with van der Waals surface area (Å²) in [5.41, 5.74) is 3.27. The largest absolute Gasteiger partial charge is 0.378 e. The van der Waals surface area contributed by atoms with E-state index in [0.717, 1.165) is 51.3 Å². The van der Waals surface area contributed by atoms with Gasteiger partial charge in [-0.05, 0) is 49.9 Å². The van der Waals surface area contributed by atoms with Gasteiger partial charge in [0.25, 0.3) is 0 Å². The predicted molar refractivity (Wildman–Crippen MR) is 86.8 cm³/mol. The van der Waals surface area contributed by atoms with Crippen LogP contribution in [-0.4, -0.2) is 44.8 Å². The van der Waals surface area contributed by atoms with Gasteiger partial charge < -0.3 is 14.4 Å². The van der Waals surface area contributed by atoms with Crippen molar-refractivity contribution in [1.29, 1.82) is 0 Å². The molecule has 2 heterocycles. The average molecular weight is 303 g/mol. The summed E-state index contributed by atoms with van der Waals surface area (Å²) in [5.74, 6) is 0.124. The van der Waals surface area contributed by atoms with E-state index in [1.165, 1.54) is 24.1 Å². The molecule has 0 amide bonds. The lowest BCUT2D eigenvalue weighted by Crippen LogP contribution is -2.37. The van der Waals surface area contributed by atoms with Gasteiger partial charge in [-0.15, -0.1) is 0 Å². The molecule has 22 heavy (non-hydrogen) atoms. The molecule has 1 unspecified atom stereocenters. The van der Waals surface area contributed by atoms with E-state index in [9.17, 15) is 4.79 Å². The number of Topliss-reactive ketones (excluding diaryl/α,β-unsaturated/α-hetero) is 1. The summed E-state index contributed by atoms with van der Waals surface area (Å²) >= 11 is 0. The van der Waals surface area contributed by atoms with Gasteiger partial charge in [0.2, 0.25) is 0 Å². The van der Waals surface area contributed by atoms with Crippen LogP contribution >= 0.6 is 0 Å². The first-order valence-corrected chi connectivity index (χ1v) is 8.32. The highest BCUT2D eigenvalue weighted by molar-refractivity contribution is 5.94. The van der Waals surface area contributed by atoms with Gasteiger partial charge in [-0.3, -0.25) is 4.79 Å². The molecule has 1 atom stereocenters. The number of nitrogens with zero attached hydrogens (tertiary/aromatic N) is 1. The van der Waals surface area contributed by atoms with Gasteiger partial charge in [-0.1, -0.05) is 0 Å². The Kier molecular flexibility index (Phi) is 5.11. The molecule has 2 aliphatic rings. The molecule has 0 N–H and O–H groups in total. The molecule has 2 fully saturated rings. The quantitative estimate of drug-likeness (QED) is 0.802. The minimum atomic E-state index is 0.124. The third-order valence-electron chi connectivity index (χ3n) is 4.56. The number of carbonyl (C=O) groups excluding carboxylic acids is 1. The Hall–Kier alpha value is -1.39. The van der Waals surface area contributed by atoms with Crippen molar-refractivity contribution in [2.75, 3.05) is 37.8 Å². The van der Waals surface area contributed by atoms with Crippen molar-refractivity contribution in [3.05, 3.63) is 29.3 Å². The van der Waals surface area contributed by atoms with Crippen molar-refractivity contribution >= 4 is 11.5 Å². The summed E-state index contributed by atoms with van der Waals surface area (Å²) in [6.45, 7) is 5.87. The molecule has 4 nitrogen and oxygen atoms in total. The number of ether oxygens (including phenoxy) is 2. The second-order valence-corrected chi connectivity index (χ2v) is 6.19. The monoisotopic (exact) mass is 303 g/mol. The summed E-state index contributed by atoms with van der Waals surface area (Å²) in [5, 5.41) is 0. The van der Waals surface area contributed by atoms with E-state index in [1.807, 2.05) is 6.07 Å². The zero-order valence-corrected chi connectivity index (χ0v) is 13.3. The van der Waals surface area contributed by atoms with E-state index in [2.05, 4.69) is 17.0 Å². The lowest BCUT2D eigenvalue weighted by molar-refractivity contribution is 0.0168. The zero-order chi connectivity index (χ0) is 15.4. The molecule has 3 rings (SSSR count). The van der Waals surface area contributed by atoms with Crippen molar-refractivity contribution < 1.29 is 14.3 Å². The lowest BCUT2D eigenvalue weighted by atomic mass is 9.97. The number of rotatable bonds is 4. The maximum Gasteiger partial charge on any atom is 0.159 e. The SMILES string of the molecule is CC(=O)c1ccc(N2CCOCC2)c(CC2CCCCO2)c1. The number of hydrogen-bond acceptors (Lipinski definition) is 4. The first-order valence-electron chi connectivity index (χ1n) is 8.32. The maximum atomic E-state index is 11.7. The van der Waals surface area contributed by atoms with E-state index in [0.29, 0.717) is 0 Å². The molecule has 0 aromatic heterocycles. The Labute approximate surface area is 132 Å². The molecule has 2 aliphatic heterocycles. The molecule has 1 aromatic rings. The van der Waals surface area contributed by atoms with Crippen LogP contribution in [0, 0.1) is 0 Å². The molecule has 0 radical (unpaired) electrons. The molecule has 0 saturated carbocycles. The molecule has 0 spiro atoms. The van der Waals surface area contributed by atoms with Crippen LogP contribution in [0.25, 0.3) is 0 Å². The molecule has 1 aromatic carbocycles. The van der Waals surface area contributed by atoms with Crippen LogP contribution in [0.1, 0.15) is 42.1 Å². The summed E-state index contributed by atoms with van der Waals surface area (Å²) in [7, 11) is 0. The third-order valence-corrected chi connectivity index (χ3v) is 4.56. The highest BCUT2D eigenvalue weighted by Crippen LogP contribution is 2.27. The fourth-order valence-corrected chi connectivity index (χ4v) is 3.29. The minimum absolute atomic E-state index is 0.124. The van der Waals surface area contributed by atoms with E-state index in [4.69, 9.17) is 9.47 Å². The van der Waals surface area contributed by atoms with E-state index in [-0.39, 0.29) is 11.9 Å². The van der Waals surface area contributed by atoms with Crippen molar-refractivity contribution in [2.24, 2.45) is 0 Å². The molecule has 4 heteroatoms. The molecular formula is C18H25NO3. The number of morpholine rings is 1. The van der Waals surface area contributed by atoms with Gasteiger partial charge in [-0.25, -0.2) is 0 Å². The van der Waals surface area contributed by atoms with Gasteiger partial charge in [0.05, 0.1) is 19.3 Å². The average Bonchev–Trinajstić information content (AvgIpc) is 2.56. The third kappa shape index (κ3) is 3.68. The number of ketones is 1. The topological polar surface area (TPSA) is 38.8 Å². The number of hydrogen-bond donors (Lipinski definition) is 0. The summed E-state index contributed by atoms with van der Waals surface area (Å²) in [6.07, 6.45) is 4.71. The first kappa shape index (κ1) is 15.5. The Morgan fingerprint density at radius 2 is 2.05 bits per heavy atom. The van der Waals surface area contributed by atoms with Gasteiger partial charge in [0.15, 0.2) is 5.78 Å². The van der Waals surface area contributed by atoms with E-state index in [1.54, 1.807) is 6.92 Å². The zero-order valence-electron chi connectivity index (χ0n) is 13.3. The Balaban J connectivity index is 1.84. The van der Waals surface area contributed by atoms with E-state index >= 15 is 0 Å². The van der Waals surface area contributed by atoms with Crippen LogP contribution < -0.4 is 4.90 Å². The molecular weight excluding hydrogens is 278 g/mol. The Morgan fingerprint density at radius 1 is 1.23 bits per heavy atom. The van der Waals surface area contributed by atoms with Crippen molar-refractivity contribution in [1.82, 2.24) is 0 Å². The molecule has 2 saturated heterocycles. The van der Waals surface area contributed by atoms with Crippen molar-refractivity contribution in [3.63, 3.8) is 0 Å². The number of carbonyl (C=O) groups is 1. The van der Waals surface area contributed by atoms with Crippen molar-refractivity contribution in [2.45, 2.75) is 38.7 Å². The van der Waals surface area contributed by atoms with Crippen molar-refractivity contribution in [3.8, 4) is 0 Å². The molecule has 0 bridgehead atoms. The summed E-state index contributed by atoms with van der Waals surface area (Å²) in [6, 6.07) is 6.10.